The summed E-state index contributed by atoms with van der Waals surface area (Å²) < 4.78 is 5.29. The van der Waals surface area contributed by atoms with Crippen LogP contribution in [0.2, 0.25) is 0 Å². The minimum Gasteiger partial charge on any atom is -0.379 e. The molecule has 5 heteroatoms. The molecule has 0 saturated carbocycles. The molecule has 2 rings (SSSR count). The number of nitrogens with one attached hydrogen (secondary N) is 2. The number of likely N-dealkylation sites (tertiary alicyclic amines) is 1. The smallest absolute Gasteiger partial charge is 0.317 e. The Kier molecular flexibility index (Phi) is 5.45. The highest BCUT2D eigenvalue weighted by Gasteiger charge is 2.30. The van der Waals surface area contributed by atoms with Crippen LogP contribution in [0.25, 0.3) is 0 Å². The summed E-state index contributed by atoms with van der Waals surface area (Å²) in [6.45, 7) is 8.52. The van der Waals surface area contributed by atoms with Gasteiger partial charge in [-0.25, -0.2) is 4.79 Å². The van der Waals surface area contributed by atoms with E-state index in [1.54, 1.807) is 0 Å². The second kappa shape index (κ2) is 7.10. The maximum atomic E-state index is 12.2. The Morgan fingerprint density at radius 1 is 1.37 bits per heavy atom. The molecule has 5 nitrogen and oxygen atoms in total. The first-order chi connectivity index (χ1) is 9.24. The van der Waals surface area contributed by atoms with Crippen LogP contribution >= 0.6 is 0 Å². The molecule has 2 amide bonds. The molecule has 2 saturated heterocycles. The lowest BCUT2D eigenvalue weighted by molar-refractivity contribution is 0.137. The van der Waals surface area contributed by atoms with Gasteiger partial charge in [0, 0.05) is 25.7 Å². The average molecular weight is 269 g/mol. The average Bonchev–Trinajstić information content (AvgIpc) is 2.92. The van der Waals surface area contributed by atoms with Crippen molar-refractivity contribution in [2.24, 2.45) is 5.92 Å². The Morgan fingerprint density at radius 2 is 2.21 bits per heavy atom. The molecular weight excluding hydrogens is 242 g/mol. The molecule has 2 fully saturated rings. The number of hydrogen-bond donors (Lipinski definition) is 2. The van der Waals surface area contributed by atoms with E-state index in [1.807, 2.05) is 4.90 Å². The zero-order valence-electron chi connectivity index (χ0n) is 12.2. The first kappa shape index (κ1) is 14.6. The van der Waals surface area contributed by atoms with Crippen molar-refractivity contribution in [2.75, 3.05) is 32.8 Å². The van der Waals surface area contributed by atoms with E-state index < -0.39 is 0 Å². The van der Waals surface area contributed by atoms with Crippen molar-refractivity contribution in [1.29, 1.82) is 0 Å². The van der Waals surface area contributed by atoms with Gasteiger partial charge in [-0.1, -0.05) is 20.3 Å². The maximum absolute atomic E-state index is 12.2. The fourth-order valence-corrected chi connectivity index (χ4v) is 3.08. The van der Waals surface area contributed by atoms with Crippen LogP contribution in [-0.2, 0) is 4.74 Å². The van der Waals surface area contributed by atoms with E-state index in [-0.39, 0.29) is 12.1 Å². The van der Waals surface area contributed by atoms with Gasteiger partial charge < -0.3 is 20.3 Å². The third-order valence-corrected chi connectivity index (χ3v) is 4.27. The van der Waals surface area contributed by atoms with E-state index in [0.717, 1.165) is 45.5 Å². The summed E-state index contributed by atoms with van der Waals surface area (Å²) in [5, 5.41) is 6.62. The van der Waals surface area contributed by atoms with Crippen LogP contribution in [-0.4, -0.2) is 55.9 Å². The molecule has 110 valence electrons. The molecule has 2 N–H and O–H groups in total. The van der Waals surface area contributed by atoms with Crippen LogP contribution in [0.3, 0.4) is 0 Å². The second-order valence-corrected chi connectivity index (χ2v) is 5.58. The lowest BCUT2D eigenvalue weighted by atomic mass is 9.90. The summed E-state index contributed by atoms with van der Waals surface area (Å²) in [6, 6.07) is 0.858. The summed E-state index contributed by atoms with van der Waals surface area (Å²) in [7, 11) is 0. The zero-order valence-corrected chi connectivity index (χ0v) is 12.2. The Bertz CT molecular complexity index is 292. The molecule has 2 aliphatic heterocycles. The second-order valence-electron chi connectivity index (χ2n) is 5.58. The van der Waals surface area contributed by atoms with Gasteiger partial charge in [0.05, 0.1) is 12.6 Å². The number of nitrogens with zero attached hydrogens (tertiary/aromatic N) is 1. The van der Waals surface area contributed by atoms with Gasteiger partial charge in [0.15, 0.2) is 0 Å². The predicted molar refractivity (Wildman–Crippen MR) is 75.2 cm³/mol. The topological polar surface area (TPSA) is 53.6 Å². The number of rotatable bonds is 4. The van der Waals surface area contributed by atoms with Crippen molar-refractivity contribution in [3.63, 3.8) is 0 Å². The van der Waals surface area contributed by atoms with Gasteiger partial charge in [-0.3, -0.25) is 0 Å². The first-order valence-electron chi connectivity index (χ1n) is 7.61. The number of urea groups is 1. The predicted octanol–water partition coefficient (Wildman–Crippen LogP) is 1.19. The Labute approximate surface area is 116 Å². The summed E-state index contributed by atoms with van der Waals surface area (Å²) >= 11 is 0. The fraction of sp³-hybridized carbons (Fsp3) is 0.929. The highest BCUT2D eigenvalue weighted by molar-refractivity contribution is 5.74. The van der Waals surface area contributed by atoms with Gasteiger partial charge in [-0.15, -0.1) is 0 Å². The van der Waals surface area contributed by atoms with Crippen LogP contribution < -0.4 is 10.6 Å². The molecule has 0 radical (unpaired) electrons. The molecule has 0 aliphatic carbocycles. The van der Waals surface area contributed by atoms with Crippen LogP contribution in [0, 0.1) is 5.92 Å². The molecule has 2 heterocycles. The summed E-state index contributed by atoms with van der Waals surface area (Å²) in [6.07, 6.45) is 3.12. The Hall–Kier alpha value is -0.810. The molecule has 0 aromatic rings. The van der Waals surface area contributed by atoms with Crippen LogP contribution in [0.4, 0.5) is 4.79 Å². The monoisotopic (exact) mass is 269 g/mol. The molecule has 19 heavy (non-hydrogen) atoms. The summed E-state index contributed by atoms with van der Waals surface area (Å²) in [4.78, 5) is 14.2. The van der Waals surface area contributed by atoms with Crippen molar-refractivity contribution in [2.45, 2.75) is 45.2 Å². The minimum absolute atomic E-state index is 0.0869. The van der Waals surface area contributed by atoms with Gasteiger partial charge >= 0.3 is 6.03 Å². The van der Waals surface area contributed by atoms with Crippen LogP contribution in [0.1, 0.15) is 33.1 Å². The quantitative estimate of drug-likeness (QED) is 0.806. The standard InChI is InChI=1S/C14H27N3O2/c1-3-11-9-17(7-5-13(11)15-4-2)14(18)16-12-6-8-19-10-12/h11-13,15H,3-10H2,1-2H3,(H,16,18). The highest BCUT2D eigenvalue weighted by Crippen LogP contribution is 2.20. The zero-order chi connectivity index (χ0) is 13.7. The SMILES string of the molecule is CCNC1CCN(C(=O)NC2CCOC2)CC1CC. The number of carbonyl (C=O) groups excluding carboxylic acids is 1. The molecular formula is C14H27N3O2. The number of amides is 2. The van der Waals surface area contributed by atoms with E-state index in [2.05, 4.69) is 24.5 Å². The number of ether oxygens (including phenoxy) is 1. The molecule has 0 spiro atoms. The number of hydrogen-bond acceptors (Lipinski definition) is 3. The molecule has 3 atom stereocenters. The molecule has 0 aromatic carbocycles. The number of carbonyl (C=O) groups is 1. The maximum Gasteiger partial charge on any atom is 0.317 e. The number of piperidine rings is 1. The molecule has 0 bridgehead atoms. The van der Waals surface area contributed by atoms with Gasteiger partial charge in [-0.2, -0.15) is 0 Å². The van der Waals surface area contributed by atoms with Crippen molar-refractivity contribution in [3.05, 3.63) is 0 Å². The molecule has 0 aromatic heterocycles. The van der Waals surface area contributed by atoms with E-state index in [9.17, 15) is 4.79 Å². The van der Waals surface area contributed by atoms with Gasteiger partial charge in [0.2, 0.25) is 0 Å². The van der Waals surface area contributed by atoms with Crippen LogP contribution in [0.5, 0.6) is 0 Å². The van der Waals surface area contributed by atoms with Crippen molar-refractivity contribution < 1.29 is 9.53 Å². The summed E-state index contributed by atoms with van der Waals surface area (Å²) in [5.41, 5.74) is 0. The van der Waals surface area contributed by atoms with Gasteiger partial charge in [0.1, 0.15) is 0 Å². The van der Waals surface area contributed by atoms with Crippen molar-refractivity contribution in [3.8, 4) is 0 Å². The third kappa shape index (κ3) is 3.83. The van der Waals surface area contributed by atoms with Gasteiger partial charge in [-0.05, 0) is 25.3 Å². The van der Waals surface area contributed by atoms with Crippen LogP contribution in [0.15, 0.2) is 0 Å². The Balaban J connectivity index is 1.82. The minimum atomic E-state index is 0.0869. The fourth-order valence-electron chi connectivity index (χ4n) is 3.08. The first-order valence-corrected chi connectivity index (χ1v) is 7.61. The molecule has 2 aliphatic rings. The Morgan fingerprint density at radius 3 is 2.84 bits per heavy atom. The van der Waals surface area contributed by atoms with E-state index in [0.29, 0.717) is 18.6 Å². The third-order valence-electron chi connectivity index (χ3n) is 4.27. The lowest BCUT2D eigenvalue weighted by Crippen LogP contribution is -2.54. The van der Waals surface area contributed by atoms with Crippen molar-refractivity contribution in [1.82, 2.24) is 15.5 Å². The van der Waals surface area contributed by atoms with E-state index >= 15 is 0 Å². The normalized spacial score (nSPS) is 31.5. The van der Waals surface area contributed by atoms with Gasteiger partial charge in [0.25, 0.3) is 0 Å². The summed E-state index contributed by atoms with van der Waals surface area (Å²) in [5.74, 6) is 0.569. The largest absolute Gasteiger partial charge is 0.379 e. The highest BCUT2D eigenvalue weighted by atomic mass is 16.5. The van der Waals surface area contributed by atoms with Crippen molar-refractivity contribution >= 4 is 6.03 Å². The van der Waals surface area contributed by atoms with E-state index in [4.69, 9.17) is 4.74 Å². The molecule has 3 unspecified atom stereocenters. The lowest BCUT2D eigenvalue weighted by Gasteiger charge is -2.39. The van der Waals surface area contributed by atoms with E-state index in [1.165, 1.54) is 0 Å².